The van der Waals surface area contributed by atoms with Crippen LogP contribution >= 0.6 is 0 Å². The number of fused-ring (bicyclic) bond motifs is 3. The van der Waals surface area contributed by atoms with E-state index in [0.717, 1.165) is 49.2 Å². The molecule has 296 valence electrons. The first-order chi connectivity index (χ1) is 25.8. The molecule has 0 bridgehead atoms. The van der Waals surface area contributed by atoms with Gasteiger partial charge in [0.1, 0.15) is 35.1 Å². The molecule has 0 aromatic heterocycles. The molecule has 54 heavy (non-hydrogen) atoms. The van der Waals surface area contributed by atoms with Gasteiger partial charge in [-0.25, -0.2) is 14.4 Å². The Bertz CT molecular complexity index is 1610. The number of carbonyl (C=O) groups excluding carboxylic acids is 4. The van der Waals surface area contributed by atoms with Crippen molar-refractivity contribution in [1.82, 2.24) is 25.3 Å². The van der Waals surface area contributed by atoms with E-state index in [2.05, 4.69) is 15.5 Å². The molecular weight excluding hydrogens is 698 g/mol. The Morgan fingerprint density at radius 1 is 1.09 bits per heavy atom. The van der Waals surface area contributed by atoms with Crippen LogP contribution in [0.1, 0.15) is 82.9 Å². The SMILES string of the molecule is COc1ccc2c(c1)CCN(C(=O)O[C@@H]1C[C@H]3C(=O)N[C@]4(C(=O)O)C[C@H]4/C=C\CCCCC[C@H](NC(=O)OC(C)(C)C)C(=O)N3C1)C2CN1CCOCC1. The molecule has 3 N–H and O–H groups in total. The number of benzene rings is 1. The van der Waals surface area contributed by atoms with Gasteiger partial charge in [-0.15, -0.1) is 0 Å². The zero-order chi connectivity index (χ0) is 38.6. The number of carboxylic acid groups (broad SMARTS) is 1. The zero-order valence-electron chi connectivity index (χ0n) is 31.8. The molecule has 0 radical (unpaired) electrons. The van der Waals surface area contributed by atoms with Crippen molar-refractivity contribution in [3.8, 4) is 5.75 Å². The molecule has 6 rings (SSSR count). The Hall–Kier alpha value is -4.37. The van der Waals surface area contributed by atoms with Crippen molar-refractivity contribution in [2.75, 3.05) is 53.0 Å². The van der Waals surface area contributed by atoms with Gasteiger partial charge in [0.05, 0.1) is 32.9 Å². The first-order valence-corrected chi connectivity index (χ1v) is 19.2. The number of hydrogen-bond donors (Lipinski definition) is 3. The lowest BCUT2D eigenvalue weighted by Gasteiger charge is -2.40. The largest absolute Gasteiger partial charge is 0.497 e. The smallest absolute Gasteiger partial charge is 0.410 e. The third-order valence-electron chi connectivity index (χ3n) is 11.1. The summed E-state index contributed by atoms with van der Waals surface area (Å²) in [5, 5.41) is 15.7. The van der Waals surface area contributed by atoms with E-state index >= 15 is 0 Å². The number of morpholine rings is 1. The van der Waals surface area contributed by atoms with E-state index in [1.54, 1.807) is 32.8 Å². The second kappa shape index (κ2) is 16.6. The van der Waals surface area contributed by atoms with Crippen LogP contribution < -0.4 is 15.4 Å². The first kappa shape index (κ1) is 39.3. The number of rotatable bonds is 6. The Morgan fingerprint density at radius 2 is 1.87 bits per heavy atom. The van der Waals surface area contributed by atoms with E-state index in [1.165, 1.54) is 4.90 Å². The minimum absolute atomic E-state index is 0.0333. The number of amides is 4. The number of carbonyl (C=O) groups is 5. The molecule has 4 heterocycles. The fourth-order valence-corrected chi connectivity index (χ4v) is 8.07. The maximum atomic E-state index is 14.4. The number of nitrogens with zero attached hydrogens (tertiary/aromatic N) is 3. The van der Waals surface area contributed by atoms with Crippen molar-refractivity contribution in [1.29, 1.82) is 0 Å². The minimum Gasteiger partial charge on any atom is -0.497 e. The van der Waals surface area contributed by atoms with Crippen LogP contribution in [0.25, 0.3) is 0 Å². The number of aliphatic carboxylic acids is 1. The molecular formula is C39H55N5O10. The lowest BCUT2D eigenvalue weighted by molar-refractivity contribution is -0.145. The van der Waals surface area contributed by atoms with E-state index < -0.39 is 59.3 Å². The van der Waals surface area contributed by atoms with Crippen LogP contribution in [0.5, 0.6) is 5.75 Å². The van der Waals surface area contributed by atoms with Crippen LogP contribution in [0.3, 0.4) is 0 Å². The van der Waals surface area contributed by atoms with Crippen molar-refractivity contribution in [3.63, 3.8) is 0 Å². The molecule has 4 amide bonds. The van der Waals surface area contributed by atoms with Gasteiger partial charge in [-0.3, -0.25) is 19.4 Å². The van der Waals surface area contributed by atoms with Gasteiger partial charge in [0, 0.05) is 38.5 Å². The fourth-order valence-electron chi connectivity index (χ4n) is 8.07. The van der Waals surface area contributed by atoms with E-state index in [9.17, 15) is 29.1 Å². The Morgan fingerprint density at radius 3 is 2.59 bits per heavy atom. The predicted molar refractivity (Wildman–Crippen MR) is 196 cm³/mol. The van der Waals surface area contributed by atoms with Gasteiger partial charge < -0.3 is 39.6 Å². The topological polar surface area (TPSA) is 176 Å². The van der Waals surface area contributed by atoms with Crippen LogP contribution in [0.2, 0.25) is 0 Å². The quantitative estimate of drug-likeness (QED) is 0.363. The highest BCUT2D eigenvalue weighted by molar-refractivity contribution is 5.96. The molecule has 4 aliphatic heterocycles. The normalized spacial score (nSPS) is 30.0. The van der Waals surface area contributed by atoms with Crippen LogP contribution in [0.15, 0.2) is 30.4 Å². The monoisotopic (exact) mass is 753 g/mol. The highest BCUT2D eigenvalue weighted by Crippen LogP contribution is 2.45. The summed E-state index contributed by atoms with van der Waals surface area (Å²) < 4.78 is 22.7. The maximum Gasteiger partial charge on any atom is 0.410 e. The fraction of sp³-hybridized carbons (Fsp3) is 0.667. The highest BCUT2D eigenvalue weighted by Gasteiger charge is 2.61. The number of hydrogen-bond acceptors (Lipinski definition) is 10. The van der Waals surface area contributed by atoms with Gasteiger partial charge >= 0.3 is 18.2 Å². The molecule has 1 aromatic rings. The summed E-state index contributed by atoms with van der Waals surface area (Å²) in [6.07, 6.45) is 5.65. The maximum absolute atomic E-state index is 14.4. The standard InChI is InChI=1S/C39H55N5O10/c1-38(2,3)54-36(49)40-30-11-9-7-5-6-8-10-26-22-39(26,35(47)48)41-33(45)31-21-28(23-44(31)34(30)46)53-37(50)43-15-14-25-20-27(51-4)12-13-29(25)32(43)24-42-16-18-52-19-17-42/h8,10,12-13,20,26,28,30-32H,5-7,9,11,14-19,21-24H2,1-4H3,(H,40,49)(H,41,45)(H,47,48)/b10-8-/t26-,28-,30+,31+,32?,39-/m1/s1. The molecule has 6 atom stereocenters. The van der Waals surface area contributed by atoms with Crippen molar-refractivity contribution in [3.05, 3.63) is 41.5 Å². The van der Waals surface area contributed by atoms with Gasteiger partial charge in [-0.05, 0) is 76.1 Å². The average Bonchev–Trinajstić information content (AvgIpc) is 3.67. The number of methoxy groups -OCH3 is 1. The molecule has 1 saturated carbocycles. The Labute approximate surface area is 316 Å². The molecule has 2 saturated heterocycles. The van der Waals surface area contributed by atoms with Crippen molar-refractivity contribution in [2.45, 2.75) is 108 Å². The van der Waals surface area contributed by atoms with Gasteiger partial charge in [0.25, 0.3) is 0 Å². The Balaban J connectivity index is 1.25. The summed E-state index contributed by atoms with van der Waals surface area (Å²) in [7, 11) is 1.62. The van der Waals surface area contributed by atoms with Crippen molar-refractivity contribution >= 4 is 30.0 Å². The number of alkyl carbamates (subject to hydrolysis) is 1. The lowest BCUT2D eigenvalue weighted by atomic mass is 9.92. The number of allylic oxidation sites excluding steroid dienone is 1. The summed E-state index contributed by atoms with van der Waals surface area (Å²) in [6, 6.07) is 3.41. The lowest BCUT2D eigenvalue weighted by Crippen LogP contribution is -2.56. The Kier molecular flexibility index (Phi) is 12.1. The minimum atomic E-state index is -1.48. The number of ether oxygens (including phenoxy) is 4. The number of carboxylic acids is 1. The second-order valence-electron chi connectivity index (χ2n) is 16.0. The van der Waals surface area contributed by atoms with E-state index in [1.807, 2.05) is 30.4 Å². The molecule has 3 fully saturated rings. The van der Waals surface area contributed by atoms with Crippen molar-refractivity contribution < 1.29 is 48.0 Å². The molecule has 1 aliphatic carbocycles. The second-order valence-corrected chi connectivity index (χ2v) is 16.0. The average molecular weight is 754 g/mol. The predicted octanol–water partition coefficient (Wildman–Crippen LogP) is 3.41. The summed E-state index contributed by atoms with van der Waals surface area (Å²) in [5.74, 6) is -1.94. The van der Waals surface area contributed by atoms with Crippen LogP contribution in [-0.2, 0) is 35.0 Å². The summed E-state index contributed by atoms with van der Waals surface area (Å²) in [5.41, 5.74) is -0.194. The summed E-state index contributed by atoms with van der Waals surface area (Å²) >= 11 is 0. The molecule has 15 heteroatoms. The van der Waals surface area contributed by atoms with Crippen LogP contribution in [0.4, 0.5) is 9.59 Å². The third-order valence-corrected chi connectivity index (χ3v) is 11.1. The van der Waals surface area contributed by atoms with Crippen LogP contribution in [0, 0.1) is 5.92 Å². The summed E-state index contributed by atoms with van der Waals surface area (Å²) in [6.45, 7) is 8.71. The van der Waals surface area contributed by atoms with E-state index in [0.29, 0.717) is 45.6 Å². The van der Waals surface area contributed by atoms with E-state index in [4.69, 9.17) is 18.9 Å². The van der Waals surface area contributed by atoms with Crippen molar-refractivity contribution in [2.24, 2.45) is 5.92 Å². The molecule has 0 spiro atoms. The van der Waals surface area contributed by atoms with Gasteiger partial charge in [-0.1, -0.05) is 31.1 Å². The first-order valence-electron chi connectivity index (χ1n) is 19.2. The van der Waals surface area contributed by atoms with Gasteiger partial charge in [-0.2, -0.15) is 0 Å². The molecule has 15 nitrogen and oxygen atoms in total. The summed E-state index contributed by atoms with van der Waals surface area (Å²) in [4.78, 5) is 73.4. The molecule has 5 aliphatic rings. The van der Waals surface area contributed by atoms with Gasteiger partial charge in [0.15, 0.2) is 0 Å². The number of nitrogens with one attached hydrogen (secondary N) is 2. The highest BCUT2D eigenvalue weighted by atomic mass is 16.6. The third kappa shape index (κ3) is 9.11. The van der Waals surface area contributed by atoms with Gasteiger partial charge in [0.2, 0.25) is 11.8 Å². The molecule has 1 unspecified atom stereocenters. The zero-order valence-corrected chi connectivity index (χ0v) is 31.8. The van der Waals surface area contributed by atoms with E-state index in [-0.39, 0.29) is 31.3 Å². The molecule has 1 aromatic carbocycles. The van der Waals surface area contributed by atoms with Crippen LogP contribution in [-0.4, -0.2) is 132 Å².